The van der Waals surface area contributed by atoms with Crippen molar-refractivity contribution in [1.82, 2.24) is 19.9 Å². The summed E-state index contributed by atoms with van der Waals surface area (Å²) in [7, 11) is 0. The number of H-pyrrole nitrogens is 1. The van der Waals surface area contributed by atoms with Crippen LogP contribution < -0.4 is 10.5 Å². The summed E-state index contributed by atoms with van der Waals surface area (Å²) >= 11 is 0. The van der Waals surface area contributed by atoms with Crippen LogP contribution in [0.2, 0.25) is 0 Å². The van der Waals surface area contributed by atoms with Gasteiger partial charge in [-0.15, -0.1) is 13.2 Å². The molecule has 3 heterocycles. The molecule has 13 heteroatoms. The normalized spacial score (nSPS) is 25.7. The predicted octanol–water partition coefficient (Wildman–Crippen LogP) is 5.44. The highest BCUT2D eigenvalue weighted by Crippen LogP contribution is 2.78. The summed E-state index contributed by atoms with van der Waals surface area (Å²) in [5.74, 6) is -0.281. The van der Waals surface area contributed by atoms with Gasteiger partial charge in [0.05, 0.1) is 11.0 Å². The van der Waals surface area contributed by atoms with E-state index in [4.69, 9.17) is 10.7 Å². The Hall–Kier alpha value is -3.51. The van der Waals surface area contributed by atoms with Crippen LogP contribution in [-0.4, -0.2) is 51.4 Å². The zero-order chi connectivity index (χ0) is 27.1. The number of ether oxygens (including phenoxy) is 1. The number of pyridine rings is 1. The lowest BCUT2D eigenvalue weighted by Gasteiger charge is -2.69. The fourth-order valence-electron chi connectivity index (χ4n) is 6.35. The van der Waals surface area contributed by atoms with Crippen molar-refractivity contribution < 1.29 is 35.9 Å². The second kappa shape index (κ2) is 8.00. The molecule has 1 amide bonds. The van der Waals surface area contributed by atoms with Crippen LogP contribution >= 0.6 is 0 Å². The Kier molecular flexibility index (Phi) is 5.22. The number of likely N-dealkylation sites (tertiary alicyclic amines) is 1. The Labute approximate surface area is 212 Å². The number of nitrogens with zero attached hydrogens (tertiary/aromatic N) is 3. The summed E-state index contributed by atoms with van der Waals surface area (Å²) in [5, 5.41) is 0. The molecular formula is C25H23F6N5O2. The molecule has 1 aromatic carbocycles. The monoisotopic (exact) mass is 539 g/mol. The van der Waals surface area contributed by atoms with Gasteiger partial charge in [-0.3, -0.25) is 4.79 Å². The zero-order valence-electron chi connectivity index (χ0n) is 19.9. The van der Waals surface area contributed by atoms with Crippen molar-refractivity contribution in [1.29, 1.82) is 0 Å². The molecule has 2 bridgehead atoms. The molecule has 4 fully saturated rings. The molecule has 2 aromatic heterocycles. The number of benzene rings is 1. The van der Waals surface area contributed by atoms with E-state index in [9.17, 15) is 31.1 Å². The number of nitrogens with one attached hydrogen (secondary N) is 1. The van der Waals surface area contributed by atoms with Crippen molar-refractivity contribution in [3.8, 4) is 5.75 Å². The summed E-state index contributed by atoms with van der Waals surface area (Å²) in [6, 6.07) is 5.09. The first kappa shape index (κ1) is 24.8. The van der Waals surface area contributed by atoms with Gasteiger partial charge in [0, 0.05) is 36.5 Å². The maximum absolute atomic E-state index is 13.3. The van der Waals surface area contributed by atoms with E-state index < -0.39 is 29.1 Å². The zero-order valence-corrected chi connectivity index (χ0v) is 19.9. The van der Waals surface area contributed by atoms with Crippen LogP contribution in [-0.2, 0) is 5.41 Å². The van der Waals surface area contributed by atoms with Gasteiger partial charge in [0.2, 0.25) is 0 Å². The standard InChI is InChI=1S/C25H23F6N5O2/c26-24(27,28)23-10-22(11-23,12-23)21-34-18-15(3-6-33-19(18)35-21)13-4-7-36(8-5-13)20(37)16-2-1-14(9-17(16)32)38-25(29,30)31/h1-3,6,9,13H,4-5,7-8,10-12,32H2,(H,33,34,35). The van der Waals surface area contributed by atoms with E-state index in [1.54, 1.807) is 11.1 Å². The largest absolute Gasteiger partial charge is 0.573 e. The molecule has 7 rings (SSSR count). The van der Waals surface area contributed by atoms with Crippen molar-refractivity contribution in [3.05, 3.63) is 47.4 Å². The smallest absolute Gasteiger partial charge is 0.406 e. The molecule has 0 unspecified atom stereocenters. The van der Waals surface area contributed by atoms with Crippen LogP contribution in [0.25, 0.3) is 11.2 Å². The van der Waals surface area contributed by atoms with Gasteiger partial charge >= 0.3 is 12.5 Å². The number of aromatic amines is 1. The highest BCUT2D eigenvalue weighted by atomic mass is 19.4. The Bertz CT molecular complexity index is 1400. The third kappa shape index (κ3) is 3.85. The fourth-order valence-corrected chi connectivity index (χ4v) is 6.35. The van der Waals surface area contributed by atoms with Crippen LogP contribution in [0.4, 0.5) is 32.0 Å². The average molecular weight is 539 g/mol. The number of hydrogen-bond acceptors (Lipinski definition) is 5. The SMILES string of the molecule is Nc1cc(OC(F)(F)F)ccc1C(=O)N1CCC(c2ccnc3[nH]c(C45CC(C(F)(F)F)(C4)C5)nc23)CC1. The molecule has 0 spiro atoms. The van der Waals surface area contributed by atoms with Gasteiger partial charge in [0.1, 0.15) is 17.1 Å². The maximum atomic E-state index is 13.3. The number of amides is 1. The second-order valence-corrected chi connectivity index (χ2v) is 10.6. The van der Waals surface area contributed by atoms with Gasteiger partial charge < -0.3 is 20.4 Å². The topological polar surface area (TPSA) is 97.1 Å². The summed E-state index contributed by atoms with van der Waals surface area (Å²) in [5.41, 5.74) is 5.79. The highest BCUT2D eigenvalue weighted by molar-refractivity contribution is 5.99. The van der Waals surface area contributed by atoms with Gasteiger partial charge in [-0.2, -0.15) is 13.2 Å². The molecule has 0 radical (unpaired) electrons. The van der Waals surface area contributed by atoms with Gasteiger partial charge in [-0.1, -0.05) is 0 Å². The Balaban J connectivity index is 1.14. The second-order valence-electron chi connectivity index (χ2n) is 10.6. The minimum absolute atomic E-state index is 0.0472. The van der Waals surface area contributed by atoms with Crippen LogP contribution in [0.15, 0.2) is 30.5 Å². The first-order valence-corrected chi connectivity index (χ1v) is 12.2. The Morgan fingerprint density at radius 3 is 2.37 bits per heavy atom. The maximum Gasteiger partial charge on any atom is 0.573 e. The summed E-state index contributed by atoms with van der Waals surface area (Å²) in [6.45, 7) is 0.783. The molecule has 4 aliphatic rings. The first-order valence-electron chi connectivity index (χ1n) is 12.2. The van der Waals surface area contributed by atoms with Crippen LogP contribution in [0.1, 0.15) is 59.8 Å². The number of piperidine rings is 1. The average Bonchev–Trinajstić information content (AvgIpc) is 3.19. The lowest BCUT2D eigenvalue weighted by atomic mass is 9.34. The number of fused-ring (bicyclic) bond motifs is 1. The van der Waals surface area contributed by atoms with Crippen molar-refractivity contribution in [3.63, 3.8) is 0 Å². The molecule has 7 nitrogen and oxygen atoms in total. The van der Waals surface area contributed by atoms with Crippen LogP contribution in [0, 0.1) is 5.41 Å². The third-order valence-corrected chi connectivity index (χ3v) is 8.26. The van der Waals surface area contributed by atoms with Gasteiger partial charge in [-0.05, 0) is 61.8 Å². The molecule has 3 saturated carbocycles. The molecule has 1 aliphatic heterocycles. The van der Waals surface area contributed by atoms with Crippen LogP contribution in [0.3, 0.4) is 0 Å². The minimum atomic E-state index is -4.86. The van der Waals surface area contributed by atoms with E-state index in [1.165, 1.54) is 6.07 Å². The molecule has 3 aromatic rings. The first-order chi connectivity index (χ1) is 17.8. The molecule has 1 saturated heterocycles. The molecule has 3 aliphatic carbocycles. The molecule has 38 heavy (non-hydrogen) atoms. The third-order valence-electron chi connectivity index (χ3n) is 8.26. The number of anilines is 1. The number of imidazole rings is 1. The summed E-state index contributed by atoms with van der Waals surface area (Å²) in [6.07, 6.45) is -6.07. The van der Waals surface area contributed by atoms with Crippen molar-refractivity contribution in [2.75, 3.05) is 18.8 Å². The number of aromatic nitrogens is 3. The minimum Gasteiger partial charge on any atom is -0.406 e. The number of carbonyl (C=O) groups is 1. The van der Waals surface area contributed by atoms with Crippen LogP contribution in [0.5, 0.6) is 5.75 Å². The molecular weight excluding hydrogens is 516 g/mol. The summed E-state index contributed by atoms with van der Waals surface area (Å²) in [4.78, 5) is 26.8. The lowest BCUT2D eigenvalue weighted by molar-refractivity contribution is -0.338. The number of alkyl halides is 6. The van der Waals surface area contributed by atoms with Crippen molar-refractivity contribution in [2.45, 2.75) is 56.0 Å². The number of hydrogen-bond donors (Lipinski definition) is 2. The van der Waals surface area contributed by atoms with E-state index in [2.05, 4.69) is 14.7 Å². The fraction of sp³-hybridized carbons (Fsp3) is 0.480. The molecule has 3 N–H and O–H groups in total. The predicted molar refractivity (Wildman–Crippen MR) is 123 cm³/mol. The van der Waals surface area contributed by atoms with E-state index >= 15 is 0 Å². The van der Waals surface area contributed by atoms with E-state index in [0.717, 1.165) is 17.7 Å². The van der Waals surface area contributed by atoms with E-state index in [-0.39, 0.29) is 42.3 Å². The molecule has 0 atom stereocenters. The van der Waals surface area contributed by atoms with Crippen molar-refractivity contribution >= 4 is 22.8 Å². The Morgan fingerprint density at radius 1 is 1.08 bits per heavy atom. The number of nitrogen functional groups attached to an aromatic ring is 1. The van der Waals surface area contributed by atoms with Gasteiger partial charge in [-0.25, -0.2) is 9.97 Å². The molecule has 202 valence electrons. The number of rotatable bonds is 4. The van der Waals surface area contributed by atoms with E-state index in [1.807, 2.05) is 6.07 Å². The lowest BCUT2D eigenvalue weighted by Crippen LogP contribution is -2.70. The number of carbonyl (C=O) groups excluding carboxylic acids is 1. The van der Waals surface area contributed by atoms with Crippen molar-refractivity contribution in [2.24, 2.45) is 5.41 Å². The number of nitrogens with two attached hydrogens (primary N) is 1. The Morgan fingerprint density at radius 2 is 1.76 bits per heavy atom. The highest BCUT2D eigenvalue weighted by Gasteiger charge is 2.79. The van der Waals surface area contributed by atoms with Gasteiger partial charge in [0.15, 0.2) is 5.65 Å². The van der Waals surface area contributed by atoms with E-state index in [0.29, 0.717) is 42.9 Å². The quantitative estimate of drug-likeness (QED) is 0.340. The van der Waals surface area contributed by atoms with Gasteiger partial charge in [0.25, 0.3) is 5.91 Å². The number of halogens is 6. The summed E-state index contributed by atoms with van der Waals surface area (Å²) < 4.78 is 81.1.